The van der Waals surface area contributed by atoms with Gasteiger partial charge in [0.1, 0.15) is 0 Å². The summed E-state index contributed by atoms with van der Waals surface area (Å²) in [7, 11) is 0. The Hall–Kier alpha value is -2.63. The van der Waals surface area contributed by atoms with E-state index in [4.69, 9.17) is 0 Å². The lowest BCUT2D eigenvalue weighted by Crippen LogP contribution is -2.36. The van der Waals surface area contributed by atoms with Crippen LogP contribution < -0.4 is 5.56 Å². The van der Waals surface area contributed by atoms with E-state index in [1.807, 2.05) is 0 Å². The van der Waals surface area contributed by atoms with Gasteiger partial charge in [-0.15, -0.1) is 0 Å². The Morgan fingerprint density at radius 2 is 1.52 bits per heavy atom. The molecule has 0 radical (unpaired) electrons. The average molecular weight is 291 g/mol. The summed E-state index contributed by atoms with van der Waals surface area (Å²) in [5.41, 5.74) is -1.02. The van der Waals surface area contributed by atoms with Crippen LogP contribution in [0.2, 0.25) is 0 Å². The Morgan fingerprint density at radius 1 is 0.905 bits per heavy atom. The number of alkyl halides is 3. The van der Waals surface area contributed by atoms with Gasteiger partial charge in [0.25, 0.3) is 5.56 Å². The highest BCUT2D eigenvalue weighted by Crippen LogP contribution is 2.26. The van der Waals surface area contributed by atoms with Gasteiger partial charge in [0.2, 0.25) is 0 Å². The van der Waals surface area contributed by atoms with Gasteiger partial charge < -0.3 is 0 Å². The van der Waals surface area contributed by atoms with Gasteiger partial charge >= 0.3 is 12.1 Å². The van der Waals surface area contributed by atoms with Gasteiger partial charge in [-0.2, -0.15) is 13.2 Å². The molecule has 0 atom stereocenters. The SMILES string of the molecule is O=C(n1c(=O)ccc2ccc3ccccc3c21)C(F)(F)F. The number of carbonyl (C=O) groups is 1. The van der Waals surface area contributed by atoms with Crippen LogP contribution in [0.3, 0.4) is 0 Å². The monoisotopic (exact) mass is 291 g/mol. The van der Waals surface area contributed by atoms with Gasteiger partial charge in [0, 0.05) is 11.5 Å². The molecule has 0 bridgehead atoms. The first-order valence-electron chi connectivity index (χ1n) is 6.04. The maximum Gasteiger partial charge on any atom is 0.472 e. The zero-order valence-corrected chi connectivity index (χ0v) is 10.5. The number of halogens is 3. The standard InChI is InChI=1S/C15H8F3NO2/c16-15(17,18)14(21)19-12(20)8-7-10-6-5-9-3-1-2-4-11(9)13(10)19/h1-8H. The normalized spacial score (nSPS) is 12.0. The number of rotatable bonds is 0. The van der Waals surface area contributed by atoms with E-state index in [9.17, 15) is 22.8 Å². The van der Waals surface area contributed by atoms with Crippen LogP contribution in [-0.2, 0) is 0 Å². The molecule has 6 heteroatoms. The zero-order chi connectivity index (χ0) is 15.2. The smallest absolute Gasteiger partial charge is 0.269 e. The second kappa shape index (κ2) is 4.44. The van der Waals surface area contributed by atoms with Gasteiger partial charge in [-0.1, -0.05) is 36.4 Å². The predicted molar refractivity (Wildman–Crippen MR) is 72.4 cm³/mol. The number of aromatic nitrogens is 1. The van der Waals surface area contributed by atoms with E-state index < -0.39 is 17.6 Å². The molecule has 0 N–H and O–H groups in total. The highest BCUT2D eigenvalue weighted by Gasteiger charge is 2.41. The number of hydrogen-bond acceptors (Lipinski definition) is 2. The van der Waals surface area contributed by atoms with Crippen molar-refractivity contribution >= 4 is 27.6 Å². The summed E-state index contributed by atoms with van der Waals surface area (Å²) >= 11 is 0. The van der Waals surface area contributed by atoms with Crippen LogP contribution in [0.15, 0.2) is 53.3 Å². The Labute approximate surface area is 116 Å². The van der Waals surface area contributed by atoms with Crippen molar-refractivity contribution in [3.8, 4) is 0 Å². The molecule has 1 aromatic heterocycles. The molecule has 0 spiro atoms. The fourth-order valence-corrected chi connectivity index (χ4v) is 2.33. The van der Waals surface area contributed by atoms with Gasteiger partial charge in [-0.25, -0.2) is 4.57 Å². The molecule has 21 heavy (non-hydrogen) atoms. The van der Waals surface area contributed by atoms with E-state index in [1.165, 1.54) is 6.07 Å². The third-order valence-electron chi connectivity index (χ3n) is 3.23. The molecule has 1 heterocycles. The second-order valence-corrected chi connectivity index (χ2v) is 4.53. The van der Waals surface area contributed by atoms with Crippen LogP contribution in [0, 0.1) is 0 Å². The second-order valence-electron chi connectivity index (χ2n) is 4.53. The molecular weight excluding hydrogens is 283 g/mol. The first kappa shape index (κ1) is 13.4. The van der Waals surface area contributed by atoms with Crippen molar-refractivity contribution in [3.63, 3.8) is 0 Å². The first-order valence-corrected chi connectivity index (χ1v) is 6.04. The van der Waals surface area contributed by atoms with Crippen molar-refractivity contribution in [2.75, 3.05) is 0 Å². The van der Waals surface area contributed by atoms with E-state index in [0.29, 0.717) is 16.2 Å². The van der Waals surface area contributed by atoms with Crippen molar-refractivity contribution < 1.29 is 18.0 Å². The van der Waals surface area contributed by atoms with Crippen LogP contribution in [0.4, 0.5) is 13.2 Å². The van der Waals surface area contributed by atoms with Gasteiger partial charge in [0.15, 0.2) is 0 Å². The summed E-state index contributed by atoms with van der Waals surface area (Å²) in [5, 5.41) is 1.47. The van der Waals surface area contributed by atoms with Crippen LogP contribution in [-0.4, -0.2) is 16.7 Å². The minimum absolute atomic E-state index is 0.0251. The van der Waals surface area contributed by atoms with E-state index >= 15 is 0 Å². The molecule has 0 saturated heterocycles. The molecule has 0 aliphatic carbocycles. The third-order valence-corrected chi connectivity index (χ3v) is 3.23. The molecule has 0 fully saturated rings. The van der Waals surface area contributed by atoms with Crippen LogP contribution >= 0.6 is 0 Å². The average Bonchev–Trinajstić information content (AvgIpc) is 2.45. The summed E-state index contributed by atoms with van der Waals surface area (Å²) in [6, 6.07) is 12.3. The summed E-state index contributed by atoms with van der Waals surface area (Å²) < 4.78 is 38.4. The van der Waals surface area contributed by atoms with Crippen molar-refractivity contribution in [1.82, 2.24) is 4.57 Å². The fraction of sp³-hybridized carbons (Fsp3) is 0.0667. The lowest BCUT2D eigenvalue weighted by molar-refractivity contribution is -0.0945. The number of fused-ring (bicyclic) bond motifs is 3. The molecule has 0 aliphatic heterocycles. The maximum atomic E-state index is 12.7. The Kier molecular flexibility index (Phi) is 2.83. The number of pyridine rings is 1. The molecule has 3 nitrogen and oxygen atoms in total. The lowest BCUT2D eigenvalue weighted by Gasteiger charge is -2.12. The van der Waals surface area contributed by atoms with Gasteiger partial charge in [-0.05, 0) is 16.8 Å². The van der Waals surface area contributed by atoms with E-state index in [1.54, 1.807) is 36.4 Å². The van der Waals surface area contributed by atoms with Gasteiger partial charge in [-0.3, -0.25) is 9.59 Å². The first-order chi connectivity index (χ1) is 9.89. The predicted octanol–water partition coefficient (Wildman–Crippen LogP) is 3.36. The molecule has 0 aliphatic rings. The minimum atomic E-state index is -5.12. The number of nitrogens with zero attached hydrogens (tertiary/aromatic N) is 1. The number of benzene rings is 2. The lowest BCUT2D eigenvalue weighted by atomic mass is 10.1. The molecule has 0 saturated carbocycles. The number of carbonyl (C=O) groups excluding carboxylic acids is 1. The van der Waals surface area contributed by atoms with E-state index in [-0.39, 0.29) is 10.1 Å². The summed E-state index contributed by atoms with van der Waals surface area (Å²) in [6.45, 7) is 0. The zero-order valence-electron chi connectivity index (χ0n) is 10.5. The summed E-state index contributed by atoms with van der Waals surface area (Å²) in [5.74, 6) is -2.19. The quantitative estimate of drug-likeness (QED) is 0.596. The van der Waals surface area contributed by atoms with E-state index in [0.717, 1.165) is 6.07 Å². The van der Waals surface area contributed by atoms with E-state index in [2.05, 4.69) is 0 Å². The van der Waals surface area contributed by atoms with Crippen molar-refractivity contribution in [2.24, 2.45) is 0 Å². The largest absolute Gasteiger partial charge is 0.472 e. The molecule has 0 unspecified atom stereocenters. The minimum Gasteiger partial charge on any atom is -0.269 e. The Balaban J connectivity index is 2.53. The van der Waals surface area contributed by atoms with Crippen molar-refractivity contribution in [3.05, 3.63) is 58.9 Å². The fourth-order valence-electron chi connectivity index (χ4n) is 2.33. The Morgan fingerprint density at radius 3 is 2.24 bits per heavy atom. The molecule has 106 valence electrons. The molecule has 3 rings (SSSR count). The molecule has 2 aromatic carbocycles. The summed E-state index contributed by atoms with van der Waals surface area (Å²) in [4.78, 5) is 23.4. The molecular formula is C15H8F3NO2. The van der Waals surface area contributed by atoms with Gasteiger partial charge in [0.05, 0.1) is 5.52 Å². The molecule has 3 aromatic rings. The summed E-state index contributed by atoms with van der Waals surface area (Å²) in [6.07, 6.45) is -5.12. The van der Waals surface area contributed by atoms with Crippen LogP contribution in [0.25, 0.3) is 21.7 Å². The van der Waals surface area contributed by atoms with Crippen LogP contribution in [0.5, 0.6) is 0 Å². The maximum absolute atomic E-state index is 12.7. The highest BCUT2D eigenvalue weighted by molar-refractivity contribution is 6.09. The third kappa shape index (κ3) is 2.08. The Bertz CT molecular complexity index is 925. The topological polar surface area (TPSA) is 39.1 Å². The molecule has 0 amide bonds. The van der Waals surface area contributed by atoms with Crippen LogP contribution in [0.1, 0.15) is 4.79 Å². The van der Waals surface area contributed by atoms with Crippen molar-refractivity contribution in [2.45, 2.75) is 6.18 Å². The highest BCUT2D eigenvalue weighted by atomic mass is 19.4. The van der Waals surface area contributed by atoms with Crippen molar-refractivity contribution in [1.29, 1.82) is 0 Å². The number of hydrogen-bond donors (Lipinski definition) is 0.